The van der Waals surface area contributed by atoms with E-state index in [9.17, 15) is 4.39 Å². The maximum Gasteiger partial charge on any atom is 0.127 e. The molecule has 0 atom stereocenters. The van der Waals surface area contributed by atoms with Gasteiger partial charge in [-0.1, -0.05) is 18.2 Å². The quantitative estimate of drug-likeness (QED) is 0.692. The molecule has 3 aromatic rings. The zero-order chi connectivity index (χ0) is 18.7. The number of para-hydroxylation sites is 1. The highest BCUT2D eigenvalue weighted by molar-refractivity contribution is 5.83. The maximum absolute atomic E-state index is 14.2. The van der Waals surface area contributed by atoms with Gasteiger partial charge in [0.05, 0.1) is 12.2 Å². The van der Waals surface area contributed by atoms with Gasteiger partial charge in [-0.2, -0.15) is 0 Å². The summed E-state index contributed by atoms with van der Waals surface area (Å²) >= 11 is 0. The zero-order valence-electron chi connectivity index (χ0n) is 15.5. The molecule has 1 aliphatic rings. The SMILES string of the molecule is COC1(c2cc(F)cc(OCCc3c[nH]c4ccccc34)c2)CCOCC1. The van der Waals surface area contributed by atoms with Crippen molar-refractivity contribution in [1.29, 1.82) is 0 Å². The largest absolute Gasteiger partial charge is 0.493 e. The van der Waals surface area contributed by atoms with Crippen molar-refractivity contribution in [2.24, 2.45) is 0 Å². The molecular formula is C22H24FNO3. The summed E-state index contributed by atoms with van der Waals surface area (Å²) in [5.74, 6) is 0.227. The second kappa shape index (κ2) is 7.71. The van der Waals surface area contributed by atoms with Crippen LogP contribution in [0.5, 0.6) is 5.75 Å². The van der Waals surface area contributed by atoms with Crippen LogP contribution in [0.4, 0.5) is 4.39 Å². The van der Waals surface area contributed by atoms with Crippen LogP contribution in [0.3, 0.4) is 0 Å². The third kappa shape index (κ3) is 3.70. The predicted molar refractivity (Wildman–Crippen MR) is 103 cm³/mol. The first-order valence-corrected chi connectivity index (χ1v) is 9.32. The zero-order valence-corrected chi connectivity index (χ0v) is 15.5. The van der Waals surface area contributed by atoms with Crippen molar-refractivity contribution in [2.75, 3.05) is 26.9 Å². The summed E-state index contributed by atoms with van der Waals surface area (Å²) in [5.41, 5.74) is 2.62. The lowest BCUT2D eigenvalue weighted by atomic mass is 9.86. The van der Waals surface area contributed by atoms with Gasteiger partial charge < -0.3 is 19.2 Å². The lowest BCUT2D eigenvalue weighted by Gasteiger charge is -2.36. The van der Waals surface area contributed by atoms with Crippen molar-refractivity contribution in [3.05, 3.63) is 65.6 Å². The molecule has 142 valence electrons. The Morgan fingerprint density at radius 1 is 1.15 bits per heavy atom. The molecule has 2 aromatic carbocycles. The molecule has 0 radical (unpaired) electrons. The summed E-state index contributed by atoms with van der Waals surface area (Å²) in [6.45, 7) is 1.70. The van der Waals surface area contributed by atoms with Gasteiger partial charge >= 0.3 is 0 Å². The third-order valence-electron chi connectivity index (χ3n) is 5.40. The highest BCUT2D eigenvalue weighted by atomic mass is 19.1. The molecule has 5 heteroatoms. The molecule has 0 saturated carbocycles. The number of benzene rings is 2. The fraction of sp³-hybridized carbons (Fsp3) is 0.364. The number of hydrogen-bond donors (Lipinski definition) is 1. The van der Waals surface area contributed by atoms with Gasteiger partial charge in [0.15, 0.2) is 0 Å². The molecule has 1 fully saturated rings. The average molecular weight is 369 g/mol. The van der Waals surface area contributed by atoms with Crippen molar-refractivity contribution in [1.82, 2.24) is 4.98 Å². The number of hydrogen-bond acceptors (Lipinski definition) is 3. The normalized spacial score (nSPS) is 16.5. The Kier molecular flexibility index (Phi) is 5.14. The van der Waals surface area contributed by atoms with Crippen LogP contribution in [0, 0.1) is 5.82 Å². The van der Waals surface area contributed by atoms with Crippen molar-refractivity contribution in [3.8, 4) is 5.75 Å². The average Bonchev–Trinajstić information content (AvgIpc) is 3.11. The predicted octanol–water partition coefficient (Wildman–Crippen LogP) is 4.58. The minimum absolute atomic E-state index is 0.308. The fourth-order valence-electron chi connectivity index (χ4n) is 3.84. The number of halogens is 1. The molecule has 0 aliphatic carbocycles. The second-order valence-corrected chi connectivity index (χ2v) is 6.94. The molecule has 1 N–H and O–H groups in total. The van der Waals surface area contributed by atoms with E-state index in [1.807, 2.05) is 24.4 Å². The fourth-order valence-corrected chi connectivity index (χ4v) is 3.84. The van der Waals surface area contributed by atoms with E-state index in [4.69, 9.17) is 14.2 Å². The number of H-pyrrole nitrogens is 1. The van der Waals surface area contributed by atoms with Crippen LogP contribution in [-0.2, 0) is 21.5 Å². The Labute approximate surface area is 158 Å². The first-order valence-electron chi connectivity index (χ1n) is 9.32. The van der Waals surface area contributed by atoms with Crippen LogP contribution in [0.15, 0.2) is 48.7 Å². The minimum atomic E-state index is -0.505. The van der Waals surface area contributed by atoms with Crippen molar-refractivity contribution in [3.63, 3.8) is 0 Å². The topological polar surface area (TPSA) is 43.5 Å². The Balaban J connectivity index is 1.48. The molecule has 0 bridgehead atoms. The Morgan fingerprint density at radius 2 is 1.96 bits per heavy atom. The lowest BCUT2D eigenvalue weighted by molar-refractivity contribution is -0.0950. The van der Waals surface area contributed by atoms with E-state index in [0.29, 0.717) is 38.4 Å². The second-order valence-electron chi connectivity index (χ2n) is 6.94. The van der Waals surface area contributed by atoms with Crippen molar-refractivity contribution >= 4 is 10.9 Å². The third-order valence-corrected chi connectivity index (χ3v) is 5.40. The number of aromatic amines is 1. The smallest absolute Gasteiger partial charge is 0.127 e. The molecule has 0 unspecified atom stereocenters. The summed E-state index contributed by atoms with van der Waals surface area (Å²) in [4.78, 5) is 3.27. The molecule has 4 nitrogen and oxygen atoms in total. The van der Waals surface area contributed by atoms with Gasteiger partial charge in [-0.25, -0.2) is 4.39 Å². The number of aromatic nitrogens is 1. The summed E-state index contributed by atoms with van der Waals surface area (Å²) in [7, 11) is 1.67. The highest BCUT2D eigenvalue weighted by Gasteiger charge is 2.35. The van der Waals surface area contributed by atoms with E-state index in [1.165, 1.54) is 17.0 Å². The van der Waals surface area contributed by atoms with Crippen LogP contribution in [0.2, 0.25) is 0 Å². The van der Waals surface area contributed by atoms with Gasteiger partial charge in [0.2, 0.25) is 0 Å². The molecule has 1 aromatic heterocycles. The Bertz CT molecular complexity index is 915. The molecule has 0 amide bonds. The van der Waals surface area contributed by atoms with Crippen LogP contribution >= 0.6 is 0 Å². The maximum atomic E-state index is 14.2. The Morgan fingerprint density at radius 3 is 2.78 bits per heavy atom. The van der Waals surface area contributed by atoms with Crippen LogP contribution < -0.4 is 4.74 Å². The number of ether oxygens (including phenoxy) is 3. The van der Waals surface area contributed by atoms with Gasteiger partial charge in [0, 0.05) is 62.8 Å². The highest BCUT2D eigenvalue weighted by Crippen LogP contribution is 2.37. The van der Waals surface area contributed by atoms with Crippen molar-refractivity contribution < 1.29 is 18.6 Å². The molecule has 1 aliphatic heterocycles. The summed E-state index contributed by atoms with van der Waals surface area (Å²) in [6, 6.07) is 13.0. The van der Waals surface area contributed by atoms with E-state index < -0.39 is 5.60 Å². The molecule has 27 heavy (non-hydrogen) atoms. The summed E-state index contributed by atoms with van der Waals surface area (Å²) < 4.78 is 31.3. The van der Waals surface area contributed by atoms with Crippen LogP contribution in [-0.4, -0.2) is 31.9 Å². The van der Waals surface area contributed by atoms with Crippen LogP contribution in [0.25, 0.3) is 10.9 Å². The number of rotatable bonds is 6. The van der Waals surface area contributed by atoms with E-state index in [0.717, 1.165) is 17.5 Å². The molecule has 4 rings (SSSR count). The monoisotopic (exact) mass is 369 g/mol. The van der Waals surface area contributed by atoms with Gasteiger partial charge in [0.1, 0.15) is 11.6 Å². The number of fused-ring (bicyclic) bond motifs is 1. The minimum Gasteiger partial charge on any atom is -0.493 e. The van der Waals surface area contributed by atoms with E-state index in [-0.39, 0.29) is 5.82 Å². The van der Waals surface area contributed by atoms with Crippen LogP contribution in [0.1, 0.15) is 24.0 Å². The van der Waals surface area contributed by atoms with E-state index in [2.05, 4.69) is 17.1 Å². The standard InChI is InChI=1S/C22H24FNO3/c1-25-22(7-10-26-11-8-22)17-12-18(23)14-19(13-17)27-9-6-16-15-24-21-5-3-2-4-20(16)21/h2-5,12-15,24H,6-11H2,1H3. The van der Waals surface area contributed by atoms with Gasteiger partial charge in [-0.05, 0) is 29.3 Å². The van der Waals surface area contributed by atoms with E-state index >= 15 is 0 Å². The Hall–Kier alpha value is -2.37. The van der Waals surface area contributed by atoms with Gasteiger partial charge in [-0.3, -0.25) is 0 Å². The van der Waals surface area contributed by atoms with E-state index in [1.54, 1.807) is 13.2 Å². The van der Waals surface area contributed by atoms with Gasteiger partial charge in [-0.15, -0.1) is 0 Å². The summed E-state index contributed by atoms with van der Waals surface area (Å²) in [5, 5.41) is 1.20. The first kappa shape index (κ1) is 18.0. The molecular weight excluding hydrogens is 345 g/mol. The first-order chi connectivity index (χ1) is 13.2. The number of methoxy groups -OCH3 is 1. The molecule has 2 heterocycles. The number of nitrogens with one attached hydrogen (secondary N) is 1. The lowest BCUT2D eigenvalue weighted by Crippen LogP contribution is -2.35. The molecule has 1 saturated heterocycles. The summed E-state index contributed by atoms with van der Waals surface area (Å²) in [6.07, 6.45) is 4.18. The van der Waals surface area contributed by atoms with Gasteiger partial charge in [0.25, 0.3) is 0 Å². The van der Waals surface area contributed by atoms with Crippen molar-refractivity contribution in [2.45, 2.75) is 24.9 Å². The molecule has 0 spiro atoms.